The van der Waals surface area contributed by atoms with Crippen molar-refractivity contribution >= 4 is 11.8 Å². The Morgan fingerprint density at radius 1 is 1.25 bits per heavy atom. The normalized spacial score (nSPS) is 12.8. The monoisotopic (exact) mass is 226 g/mol. The Bertz CT molecular complexity index is 293. The first-order valence-electron chi connectivity index (χ1n) is 5.56. The number of esters is 1. The van der Waals surface area contributed by atoms with Gasteiger partial charge in [0.15, 0.2) is 5.78 Å². The number of rotatable bonds is 4. The maximum Gasteiger partial charge on any atom is 0.310 e. The lowest BCUT2D eigenvalue weighted by Gasteiger charge is -2.18. The van der Waals surface area contributed by atoms with Gasteiger partial charge in [-0.25, -0.2) is 0 Å². The third kappa shape index (κ3) is 6.38. The summed E-state index contributed by atoms with van der Waals surface area (Å²) in [6, 6.07) is 0. The van der Waals surface area contributed by atoms with Gasteiger partial charge in [-0.05, 0) is 33.3 Å². The van der Waals surface area contributed by atoms with Crippen LogP contribution in [0, 0.1) is 5.92 Å². The van der Waals surface area contributed by atoms with Crippen molar-refractivity contribution in [1.82, 2.24) is 0 Å². The van der Waals surface area contributed by atoms with E-state index in [1.165, 1.54) is 0 Å². The Labute approximate surface area is 97.9 Å². The number of ether oxygens (including phenoxy) is 1. The van der Waals surface area contributed by atoms with Gasteiger partial charge in [0, 0.05) is 5.92 Å². The zero-order valence-electron chi connectivity index (χ0n) is 11.1. The molecule has 0 aliphatic rings. The van der Waals surface area contributed by atoms with Crippen LogP contribution in [0.2, 0.25) is 0 Å². The summed E-state index contributed by atoms with van der Waals surface area (Å²) in [6.45, 7) is 10.9. The lowest BCUT2D eigenvalue weighted by molar-refractivity contribution is -0.153. The molecular formula is C13H22O3. The second-order valence-corrected chi connectivity index (χ2v) is 5.20. The molecule has 0 rings (SSSR count). The average Bonchev–Trinajstić information content (AvgIpc) is 2.09. The predicted octanol–water partition coefficient (Wildman–Crippen LogP) is 2.89. The molecule has 0 aliphatic carbocycles. The summed E-state index contributed by atoms with van der Waals surface area (Å²) < 4.78 is 5.13. The van der Waals surface area contributed by atoms with Crippen molar-refractivity contribution in [3.05, 3.63) is 11.6 Å². The summed E-state index contributed by atoms with van der Waals surface area (Å²) in [5.74, 6) is -0.262. The lowest BCUT2D eigenvalue weighted by atomic mass is 10.0. The zero-order chi connectivity index (χ0) is 12.9. The zero-order valence-corrected chi connectivity index (χ0v) is 11.1. The SMILES string of the molecule is C/C(=C/CC(=O)OC(C)(C)C)C(=O)C(C)C. The van der Waals surface area contributed by atoms with Gasteiger partial charge in [-0.3, -0.25) is 9.59 Å². The summed E-state index contributed by atoms with van der Waals surface area (Å²) >= 11 is 0. The van der Waals surface area contributed by atoms with Crippen LogP contribution in [-0.2, 0) is 14.3 Å². The molecule has 3 nitrogen and oxygen atoms in total. The molecular weight excluding hydrogens is 204 g/mol. The number of ketones is 1. The molecule has 0 heterocycles. The number of Topliss-reactive ketones (excluding diaryl/α,β-unsaturated/α-hetero) is 1. The molecule has 0 aromatic carbocycles. The average molecular weight is 226 g/mol. The highest BCUT2D eigenvalue weighted by Gasteiger charge is 2.16. The molecule has 0 radical (unpaired) electrons. The van der Waals surface area contributed by atoms with Crippen LogP contribution in [0.5, 0.6) is 0 Å². The van der Waals surface area contributed by atoms with Crippen molar-refractivity contribution in [2.24, 2.45) is 5.92 Å². The van der Waals surface area contributed by atoms with E-state index in [1.807, 2.05) is 34.6 Å². The van der Waals surface area contributed by atoms with Crippen molar-refractivity contribution in [2.45, 2.75) is 53.6 Å². The largest absolute Gasteiger partial charge is 0.460 e. The lowest BCUT2D eigenvalue weighted by Crippen LogP contribution is -2.23. The van der Waals surface area contributed by atoms with Crippen LogP contribution < -0.4 is 0 Å². The predicted molar refractivity (Wildman–Crippen MR) is 64.1 cm³/mol. The summed E-state index contributed by atoms with van der Waals surface area (Å²) in [6.07, 6.45) is 1.79. The highest BCUT2D eigenvalue weighted by molar-refractivity contribution is 5.96. The molecule has 0 atom stereocenters. The number of allylic oxidation sites excluding steroid dienone is 1. The molecule has 0 spiro atoms. The maximum atomic E-state index is 11.5. The molecule has 0 N–H and O–H groups in total. The first-order chi connectivity index (χ1) is 7.13. The van der Waals surface area contributed by atoms with E-state index >= 15 is 0 Å². The van der Waals surface area contributed by atoms with Crippen LogP contribution in [0.15, 0.2) is 11.6 Å². The molecule has 0 fully saturated rings. The smallest absolute Gasteiger partial charge is 0.310 e. The van der Waals surface area contributed by atoms with Crippen LogP contribution in [-0.4, -0.2) is 17.4 Å². The van der Waals surface area contributed by atoms with Crippen LogP contribution in [0.1, 0.15) is 48.0 Å². The molecule has 0 aromatic heterocycles. The molecule has 16 heavy (non-hydrogen) atoms. The fourth-order valence-electron chi connectivity index (χ4n) is 1.18. The fraction of sp³-hybridized carbons (Fsp3) is 0.692. The molecule has 0 saturated heterocycles. The van der Waals surface area contributed by atoms with Crippen molar-refractivity contribution in [3.8, 4) is 0 Å². The van der Waals surface area contributed by atoms with E-state index in [9.17, 15) is 9.59 Å². The van der Waals surface area contributed by atoms with Gasteiger partial charge in [-0.2, -0.15) is 0 Å². The summed E-state index contributed by atoms with van der Waals surface area (Å²) in [5.41, 5.74) is 0.154. The van der Waals surface area contributed by atoms with E-state index in [0.717, 1.165) is 0 Å². The summed E-state index contributed by atoms with van der Waals surface area (Å²) in [4.78, 5) is 22.9. The van der Waals surface area contributed by atoms with Gasteiger partial charge in [0.1, 0.15) is 5.60 Å². The topological polar surface area (TPSA) is 43.4 Å². The van der Waals surface area contributed by atoms with Crippen LogP contribution in [0.4, 0.5) is 0 Å². The Kier molecular flexibility index (Phi) is 5.42. The number of carbonyl (C=O) groups is 2. The minimum atomic E-state index is -0.471. The summed E-state index contributed by atoms with van der Waals surface area (Å²) in [7, 11) is 0. The molecule has 0 aromatic rings. The Balaban J connectivity index is 4.28. The molecule has 92 valence electrons. The maximum absolute atomic E-state index is 11.5. The van der Waals surface area contributed by atoms with Crippen molar-refractivity contribution in [1.29, 1.82) is 0 Å². The van der Waals surface area contributed by atoms with Gasteiger partial charge in [0.05, 0.1) is 6.42 Å². The number of hydrogen-bond donors (Lipinski definition) is 0. The highest BCUT2D eigenvalue weighted by atomic mass is 16.6. The summed E-state index contributed by atoms with van der Waals surface area (Å²) in [5, 5.41) is 0. The van der Waals surface area contributed by atoms with Gasteiger partial charge >= 0.3 is 5.97 Å². The van der Waals surface area contributed by atoms with Crippen molar-refractivity contribution < 1.29 is 14.3 Å². The second-order valence-electron chi connectivity index (χ2n) is 5.20. The van der Waals surface area contributed by atoms with Gasteiger partial charge in [0.25, 0.3) is 0 Å². The second kappa shape index (κ2) is 5.83. The van der Waals surface area contributed by atoms with Crippen LogP contribution >= 0.6 is 0 Å². The minimum absolute atomic E-state index is 0.0325. The molecule has 0 aliphatic heterocycles. The van der Waals surface area contributed by atoms with Gasteiger partial charge in [-0.1, -0.05) is 19.9 Å². The minimum Gasteiger partial charge on any atom is -0.460 e. The molecule has 0 amide bonds. The van der Waals surface area contributed by atoms with Gasteiger partial charge < -0.3 is 4.74 Å². The first kappa shape index (κ1) is 14.9. The van der Waals surface area contributed by atoms with E-state index in [-0.39, 0.29) is 24.1 Å². The quantitative estimate of drug-likeness (QED) is 0.547. The van der Waals surface area contributed by atoms with Gasteiger partial charge in [-0.15, -0.1) is 0 Å². The van der Waals surface area contributed by atoms with Crippen molar-refractivity contribution in [2.75, 3.05) is 0 Å². The third-order valence-corrected chi connectivity index (χ3v) is 1.91. The van der Waals surface area contributed by atoms with Gasteiger partial charge in [0.2, 0.25) is 0 Å². The number of carbonyl (C=O) groups excluding carboxylic acids is 2. The van der Waals surface area contributed by atoms with E-state index in [1.54, 1.807) is 13.0 Å². The van der Waals surface area contributed by atoms with E-state index in [0.29, 0.717) is 5.57 Å². The van der Waals surface area contributed by atoms with E-state index < -0.39 is 5.60 Å². The molecule has 0 unspecified atom stereocenters. The first-order valence-corrected chi connectivity index (χ1v) is 5.56. The van der Waals surface area contributed by atoms with E-state index in [4.69, 9.17) is 4.74 Å². The standard InChI is InChI=1S/C13H22O3/c1-9(2)12(15)10(3)7-8-11(14)16-13(4,5)6/h7,9H,8H2,1-6H3/b10-7-. The van der Waals surface area contributed by atoms with Crippen LogP contribution in [0.3, 0.4) is 0 Å². The highest BCUT2D eigenvalue weighted by Crippen LogP contribution is 2.10. The molecule has 0 saturated carbocycles. The Morgan fingerprint density at radius 2 is 1.75 bits per heavy atom. The molecule has 3 heteroatoms. The Hall–Kier alpha value is -1.12. The van der Waals surface area contributed by atoms with E-state index in [2.05, 4.69) is 0 Å². The number of hydrogen-bond acceptors (Lipinski definition) is 3. The molecule has 0 bridgehead atoms. The third-order valence-electron chi connectivity index (χ3n) is 1.91. The van der Waals surface area contributed by atoms with Crippen LogP contribution in [0.25, 0.3) is 0 Å². The fourth-order valence-corrected chi connectivity index (χ4v) is 1.18. The van der Waals surface area contributed by atoms with Crippen molar-refractivity contribution in [3.63, 3.8) is 0 Å². The Morgan fingerprint density at radius 3 is 2.12 bits per heavy atom.